The van der Waals surface area contributed by atoms with Crippen molar-refractivity contribution in [3.05, 3.63) is 18.7 Å². The van der Waals surface area contributed by atoms with Crippen LogP contribution in [0.4, 0.5) is 0 Å². The van der Waals surface area contributed by atoms with Gasteiger partial charge < -0.3 is 0 Å². The average molecular weight is 276 g/mol. The van der Waals surface area contributed by atoms with Gasteiger partial charge in [-0.3, -0.25) is 0 Å². The Kier molecular flexibility index (Phi) is 3.66. The van der Waals surface area contributed by atoms with E-state index in [0.29, 0.717) is 0 Å². The van der Waals surface area contributed by atoms with Gasteiger partial charge in [0, 0.05) is 0 Å². The number of hydrogen-bond donors (Lipinski definition) is 7. The van der Waals surface area contributed by atoms with Crippen molar-refractivity contribution in [3.8, 4) is 0 Å². The Bertz CT molecular complexity index is 329. The zero-order chi connectivity index (χ0) is 12.6. The fourth-order valence-electron chi connectivity index (χ4n) is 1.08. The van der Waals surface area contributed by atoms with E-state index in [-0.39, 0.29) is 0 Å². The molecule has 0 aromatic carbocycles. The monoisotopic (exact) mass is 276 g/mol. The summed E-state index contributed by atoms with van der Waals surface area (Å²) in [5.41, 5.74) is 0. The van der Waals surface area contributed by atoms with Gasteiger partial charge in [0.05, 0.1) is 0 Å². The Balaban J connectivity index is 3.07. The van der Waals surface area contributed by atoms with E-state index in [0.717, 1.165) is 10.9 Å². The molecular weight excluding hydrogens is 262 g/mol. The second-order valence-electron chi connectivity index (χ2n) is 3.37. The maximum absolute atomic E-state index is 9.63. The third-order valence-electron chi connectivity index (χ3n) is 2.08. The first-order chi connectivity index (χ1) is 7.08. The summed E-state index contributed by atoms with van der Waals surface area (Å²) in [7, 11) is -10.8. The van der Waals surface area contributed by atoms with Crippen molar-refractivity contribution in [1.82, 2.24) is 9.55 Å². The van der Waals surface area contributed by atoms with Crippen molar-refractivity contribution in [1.29, 1.82) is 0 Å². The van der Waals surface area contributed by atoms with Crippen molar-refractivity contribution in [2.45, 2.75) is 11.6 Å². The van der Waals surface area contributed by atoms with E-state index < -0.39 is 27.5 Å². The Morgan fingerprint density at radius 1 is 1.06 bits per heavy atom. The van der Waals surface area contributed by atoms with E-state index in [1.165, 1.54) is 12.4 Å². The molecule has 0 fully saturated rings. The predicted molar refractivity (Wildman–Crippen MR) is 57.1 cm³/mol. The molecule has 0 bridgehead atoms. The quantitative estimate of drug-likeness (QED) is 0.296. The van der Waals surface area contributed by atoms with E-state index >= 15 is 0 Å². The molecule has 1 aromatic rings. The van der Waals surface area contributed by atoms with Crippen molar-refractivity contribution >= 4 is 15.9 Å². The van der Waals surface area contributed by atoms with Crippen LogP contribution in [0.2, 0.25) is 0 Å². The molecule has 0 spiro atoms. The van der Waals surface area contributed by atoms with E-state index in [1.807, 2.05) is 0 Å². The minimum atomic E-state index is -5.38. The summed E-state index contributed by atoms with van der Waals surface area (Å²) in [4.78, 5) is 57.5. The van der Waals surface area contributed by atoms with Gasteiger partial charge in [0.25, 0.3) is 0 Å². The summed E-state index contributed by atoms with van der Waals surface area (Å²) < 4.78 is 1.05. The maximum atomic E-state index is 9.63. The van der Waals surface area contributed by atoms with Crippen LogP contribution in [-0.2, 0) is 6.54 Å². The van der Waals surface area contributed by atoms with Crippen LogP contribution in [0.25, 0.3) is 0 Å². The van der Waals surface area contributed by atoms with Crippen LogP contribution in [0.1, 0.15) is 0 Å². The van der Waals surface area contributed by atoms with E-state index in [9.17, 15) is 5.11 Å². The van der Waals surface area contributed by atoms with Crippen LogP contribution in [0.3, 0.4) is 0 Å². The molecule has 0 aliphatic carbocycles. The van der Waals surface area contributed by atoms with Crippen LogP contribution < -0.4 is 0 Å². The van der Waals surface area contributed by atoms with Crippen molar-refractivity contribution < 1.29 is 34.5 Å². The number of hydrogen-bond acceptors (Lipinski definition) is 8. The molecule has 0 radical (unpaired) electrons. The molecule has 0 saturated heterocycles. The molecule has 1 aromatic heterocycles. The summed E-state index contributed by atoms with van der Waals surface area (Å²) in [6.45, 7) is -0.807. The Morgan fingerprint density at radius 2 is 1.56 bits per heavy atom. The van der Waals surface area contributed by atoms with Crippen molar-refractivity contribution in [2.75, 3.05) is 0 Å². The molecule has 0 aliphatic heterocycles. The molecule has 0 atom stereocenters. The van der Waals surface area contributed by atoms with Gasteiger partial charge in [-0.1, -0.05) is 0 Å². The third kappa shape index (κ3) is 2.54. The van der Waals surface area contributed by atoms with Crippen molar-refractivity contribution in [2.24, 2.45) is 0 Å². The summed E-state index contributed by atoms with van der Waals surface area (Å²) in [6, 6.07) is 0. The van der Waals surface area contributed by atoms with E-state index in [2.05, 4.69) is 4.98 Å². The van der Waals surface area contributed by atoms with Crippen molar-refractivity contribution in [3.63, 3.8) is 0 Å². The molecule has 0 aliphatic rings. The second kappa shape index (κ2) is 4.23. The fraction of sp³-hybridized carbons (Fsp3) is 0.400. The Labute approximate surface area is 91.0 Å². The third-order valence-corrected chi connectivity index (χ3v) is 6.63. The molecule has 0 unspecified atom stereocenters. The van der Waals surface area contributed by atoms with Crippen LogP contribution in [-0.4, -0.2) is 49.1 Å². The first-order valence-corrected chi connectivity index (χ1v) is 7.78. The summed E-state index contributed by atoms with van der Waals surface area (Å²) in [5.74, 6) is 0. The van der Waals surface area contributed by atoms with Gasteiger partial charge in [0.2, 0.25) is 0 Å². The van der Waals surface area contributed by atoms with E-state index in [4.69, 9.17) is 29.4 Å². The number of rotatable bonds is 4. The normalized spacial score (nSPS) is 19.2. The van der Waals surface area contributed by atoms with Crippen LogP contribution in [0.5, 0.6) is 0 Å². The molecular formula is C5H14N2O7P2. The van der Waals surface area contributed by atoms with Gasteiger partial charge in [-0.2, -0.15) is 0 Å². The molecule has 16 heavy (non-hydrogen) atoms. The summed E-state index contributed by atoms with van der Waals surface area (Å²) in [5, 5.41) is 6.46. The van der Waals surface area contributed by atoms with Crippen LogP contribution in [0.15, 0.2) is 18.7 Å². The SMILES string of the molecule is OC(Cn1ccnc1)([PH](O)(O)O)[PH](O)(O)O. The average Bonchev–Trinajstić information content (AvgIpc) is 2.52. The standard InChI is InChI=1S/C5H14N2O7P2/c8-5(15(9,10)11,16(12,13)14)3-7-2-1-6-4-7/h1-2,4,8-16H,3H2. The van der Waals surface area contributed by atoms with E-state index in [1.54, 1.807) is 0 Å². The van der Waals surface area contributed by atoms with Gasteiger partial charge in [0.15, 0.2) is 0 Å². The Hall–Kier alpha value is -0.210. The Morgan fingerprint density at radius 3 is 1.88 bits per heavy atom. The first-order valence-electron chi connectivity index (χ1n) is 4.10. The second-order valence-corrected chi connectivity index (χ2v) is 8.06. The molecule has 11 heteroatoms. The molecule has 9 nitrogen and oxygen atoms in total. The molecule has 1 heterocycles. The number of aromatic nitrogens is 2. The first kappa shape index (κ1) is 13.9. The molecule has 1 rings (SSSR count). The summed E-state index contributed by atoms with van der Waals surface area (Å²) in [6.07, 6.45) is 3.68. The van der Waals surface area contributed by atoms with Gasteiger partial charge in [-0.25, -0.2) is 0 Å². The summed E-state index contributed by atoms with van der Waals surface area (Å²) >= 11 is 0. The zero-order valence-electron chi connectivity index (χ0n) is 7.96. The van der Waals surface area contributed by atoms with Gasteiger partial charge >= 0.3 is 90.3 Å². The van der Waals surface area contributed by atoms with Gasteiger partial charge in [0.1, 0.15) is 0 Å². The van der Waals surface area contributed by atoms with Gasteiger partial charge in [-0.15, -0.1) is 0 Å². The fourth-order valence-corrected chi connectivity index (χ4v) is 3.67. The molecule has 96 valence electrons. The zero-order valence-corrected chi connectivity index (χ0v) is 9.96. The van der Waals surface area contributed by atoms with Crippen LogP contribution >= 0.6 is 15.9 Å². The number of aliphatic hydroxyl groups is 1. The van der Waals surface area contributed by atoms with Crippen LogP contribution in [0, 0.1) is 0 Å². The van der Waals surface area contributed by atoms with Gasteiger partial charge in [-0.05, 0) is 0 Å². The molecule has 0 saturated carbocycles. The predicted octanol–water partition coefficient (Wildman–Crippen LogP) is -2.53. The number of imidazole rings is 1. The number of nitrogens with zero attached hydrogens (tertiary/aromatic N) is 2. The molecule has 0 amide bonds. The minimum absolute atomic E-state index is 0.807. The molecule has 7 N–H and O–H groups in total. The topological polar surface area (TPSA) is 159 Å².